The van der Waals surface area contributed by atoms with E-state index in [-0.39, 0.29) is 23.6 Å². The number of amidine groups is 1. The first-order chi connectivity index (χ1) is 18.1. The molecule has 0 saturated heterocycles. The van der Waals surface area contributed by atoms with Gasteiger partial charge < -0.3 is 10.2 Å². The second-order valence-electron chi connectivity index (χ2n) is 10.3. The van der Waals surface area contributed by atoms with Crippen LogP contribution in [0.25, 0.3) is 11.0 Å². The molecule has 2 fully saturated rings. The third-order valence-electron chi connectivity index (χ3n) is 7.66. The monoisotopic (exact) mass is 540 g/mol. The zero-order chi connectivity index (χ0) is 26.8. The van der Waals surface area contributed by atoms with Gasteiger partial charge in [-0.05, 0) is 49.9 Å². The number of rotatable bonds is 4. The van der Waals surface area contributed by atoms with Crippen LogP contribution in [0.4, 0.5) is 21.8 Å². The number of sulfonamides is 1. The third-order valence-corrected chi connectivity index (χ3v) is 8.61. The van der Waals surface area contributed by atoms with Crippen molar-refractivity contribution in [2.45, 2.75) is 68.3 Å². The smallest absolute Gasteiger partial charge is 0.240 e. The van der Waals surface area contributed by atoms with Crippen molar-refractivity contribution in [1.82, 2.24) is 19.4 Å². The van der Waals surface area contributed by atoms with Gasteiger partial charge in [-0.2, -0.15) is 10.1 Å². The van der Waals surface area contributed by atoms with E-state index < -0.39 is 26.3 Å². The molecule has 0 unspecified atom stereocenters. The Morgan fingerprint density at radius 1 is 1.21 bits per heavy atom. The fourth-order valence-corrected chi connectivity index (χ4v) is 6.20. The van der Waals surface area contributed by atoms with E-state index in [1.54, 1.807) is 25.1 Å². The Hall–Kier alpha value is -3.58. The largest absolute Gasteiger partial charge is 0.324 e. The van der Waals surface area contributed by atoms with Gasteiger partial charge in [0.25, 0.3) is 0 Å². The molecule has 0 bridgehead atoms. The predicted molar refractivity (Wildman–Crippen MR) is 141 cm³/mol. The average molecular weight is 541 g/mol. The summed E-state index contributed by atoms with van der Waals surface area (Å²) in [5.41, 5.74) is 0.442. The van der Waals surface area contributed by atoms with Crippen LogP contribution in [0.5, 0.6) is 0 Å². The first-order valence-corrected chi connectivity index (χ1v) is 14.2. The molecule has 1 aliphatic heterocycles. The molecule has 1 amide bonds. The molecule has 38 heavy (non-hydrogen) atoms. The molecule has 1 spiro atoms. The maximum atomic E-state index is 14.4. The number of carbonyl (C=O) groups excluding carboxylic acids is 1. The number of nitrogens with zero attached hydrogens (tertiary/aromatic N) is 6. The number of anilines is 3. The van der Waals surface area contributed by atoms with Gasteiger partial charge in [-0.15, -0.1) is 0 Å². The van der Waals surface area contributed by atoms with Gasteiger partial charge in [-0.1, -0.05) is 19.3 Å². The second kappa shape index (κ2) is 8.73. The highest BCUT2D eigenvalue weighted by Crippen LogP contribution is 2.48. The van der Waals surface area contributed by atoms with Crippen LogP contribution in [0.3, 0.4) is 0 Å². The molecule has 3 aliphatic rings. The van der Waals surface area contributed by atoms with Crippen LogP contribution in [0.1, 0.15) is 51.9 Å². The quantitative estimate of drug-likeness (QED) is 0.517. The van der Waals surface area contributed by atoms with Crippen LogP contribution < -0.4 is 15.5 Å². The number of hydrogen-bond acceptors (Lipinski definition) is 8. The summed E-state index contributed by atoms with van der Waals surface area (Å²) in [5, 5.41) is 16.0. The number of amides is 1. The molecule has 2 aliphatic carbocycles. The maximum absolute atomic E-state index is 14.4. The number of aromatic nitrogens is 3. The van der Waals surface area contributed by atoms with Crippen LogP contribution in [0.15, 0.2) is 40.5 Å². The second-order valence-corrected chi connectivity index (χ2v) is 11.8. The summed E-state index contributed by atoms with van der Waals surface area (Å²) in [4.78, 5) is 22.9. The van der Waals surface area contributed by atoms with Gasteiger partial charge in [0.2, 0.25) is 21.9 Å². The van der Waals surface area contributed by atoms with Gasteiger partial charge in [-0.25, -0.2) is 27.9 Å². The molecule has 200 valence electrons. The molecular formula is C25H29FN8O3S. The van der Waals surface area contributed by atoms with Crippen LogP contribution in [0.2, 0.25) is 0 Å². The van der Waals surface area contributed by atoms with E-state index in [2.05, 4.69) is 14.9 Å². The van der Waals surface area contributed by atoms with E-state index in [9.17, 15) is 17.6 Å². The summed E-state index contributed by atoms with van der Waals surface area (Å²) in [6, 6.07) is 5.87. The maximum Gasteiger partial charge on any atom is 0.240 e. The Kier molecular flexibility index (Phi) is 5.69. The first-order valence-electron chi connectivity index (χ1n) is 12.7. The molecule has 3 N–H and O–H groups in total. The van der Waals surface area contributed by atoms with Crippen molar-refractivity contribution in [1.29, 1.82) is 0 Å². The molecular weight excluding hydrogens is 511 g/mol. The number of carbonyl (C=O) groups is 1. The number of fused-ring (bicyclic) bond motifs is 4. The Morgan fingerprint density at radius 3 is 2.58 bits per heavy atom. The van der Waals surface area contributed by atoms with E-state index in [1.807, 2.05) is 11.1 Å². The number of likely N-dealkylation sites (N-methyl/N-ethyl adjacent to an activating group) is 1. The molecule has 6 rings (SSSR count). The van der Waals surface area contributed by atoms with E-state index >= 15 is 0 Å². The molecule has 3 heterocycles. The fourth-order valence-electron chi connectivity index (χ4n) is 5.61. The van der Waals surface area contributed by atoms with E-state index in [4.69, 9.17) is 15.2 Å². The van der Waals surface area contributed by atoms with Crippen molar-refractivity contribution in [3.05, 3.63) is 36.3 Å². The number of nitrogens with two attached hydrogens (primary N) is 1. The number of hydrazone groups is 1. The number of primary sulfonamides is 1. The fraction of sp³-hybridized carbons (Fsp3) is 0.440. The van der Waals surface area contributed by atoms with Gasteiger partial charge in [0.15, 0.2) is 5.84 Å². The van der Waals surface area contributed by atoms with E-state index in [1.165, 1.54) is 6.07 Å². The summed E-state index contributed by atoms with van der Waals surface area (Å²) in [5.74, 6) is 0.851. The highest BCUT2D eigenvalue weighted by Gasteiger charge is 2.49. The molecule has 2 aromatic heterocycles. The predicted octanol–water partition coefficient (Wildman–Crippen LogP) is 3.40. The molecule has 2 saturated carbocycles. The van der Waals surface area contributed by atoms with E-state index in [0.717, 1.165) is 74.1 Å². The molecule has 11 nitrogen and oxygen atoms in total. The summed E-state index contributed by atoms with van der Waals surface area (Å²) in [7, 11) is -2.40. The lowest BCUT2D eigenvalue weighted by atomic mass is 9.79. The van der Waals surface area contributed by atoms with Gasteiger partial charge in [0.1, 0.15) is 27.7 Å². The summed E-state index contributed by atoms with van der Waals surface area (Å²) in [6.45, 7) is 1.55. The molecule has 1 aromatic carbocycles. The molecule has 3 aromatic rings. The highest BCUT2D eigenvalue weighted by molar-refractivity contribution is 7.89. The van der Waals surface area contributed by atoms with Crippen molar-refractivity contribution in [3.63, 3.8) is 0 Å². The zero-order valence-electron chi connectivity index (χ0n) is 21.2. The molecule has 13 heteroatoms. The van der Waals surface area contributed by atoms with Crippen molar-refractivity contribution in [3.8, 4) is 0 Å². The van der Waals surface area contributed by atoms with Crippen molar-refractivity contribution < 1.29 is 17.6 Å². The number of halogens is 1. The van der Waals surface area contributed by atoms with Crippen LogP contribution in [-0.4, -0.2) is 52.7 Å². The first kappa shape index (κ1) is 24.7. The lowest BCUT2D eigenvalue weighted by molar-refractivity contribution is -0.124. The Morgan fingerprint density at radius 2 is 1.95 bits per heavy atom. The van der Waals surface area contributed by atoms with Crippen LogP contribution >= 0.6 is 0 Å². The Balaban J connectivity index is 1.48. The van der Waals surface area contributed by atoms with Gasteiger partial charge in [-0.3, -0.25) is 9.36 Å². The van der Waals surface area contributed by atoms with Crippen molar-refractivity contribution >= 4 is 50.3 Å². The minimum Gasteiger partial charge on any atom is -0.324 e. The molecule has 0 atom stereocenters. The lowest BCUT2D eigenvalue weighted by Gasteiger charge is -2.47. The third kappa shape index (κ3) is 4.00. The lowest BCUT2D eigenvalue weighted by Crippen LogP contribution is -2.56. The van der Waals surface area contributed by atoms with E-state index in [0.29, 0.717) is 5.65 Å². The van der Waals surface area contributed by atoms with Crippen molar-refractivity contribution in [2.24, 2.45) is 10.2 Å². The number of nitrogens with one attached hydrogen (secondary N) is 1. The average Bonchev–Trinajstić information content (AvgIpc) is 3.63. The standard InChI is InChI=1S/C25H29FN8O3S/c1-15(35)32(2)23-25(10-4-3-5-11-25)33-21(34(31-23)18-7-8-18)12-16-14-28-24(30-22(16)33)29-17-6-9-20(19(26)13-17)38(27,36)37/h6,9,12-14,18H,3-5,7-8,10-11H2,1-2H3,(H2,27,36,37)(H,28,29,30). The number of hydrogen-bond donors (Lipinski definition) is 2. The Bertz CT molecular complexity index is 1590. The highest BCUT2D eigenvalue weighted by atomic mass is 32.2. The number of benzene rings is 1. The van der Waals surface area contributed by atoms with Crippen LogP contribution in [0, 0.1) is 5.82 Å². The SMILES string of the molecule is CC(=O)N(C)C1=NN(C2CC2)c2cc3cnc(Nc4ccc(S(N)(=O)=O)c(F)c4)nc3n2C12CCCCC2. The molecule has 0 radical (unpaired) electrons. The minimum atomic E-state index is -4.18. The summed E-state index contributed by atoms with van der Waals surface area (Å²) < 4.78 is 39.8. The Labute approximate surface area is 219 Å². The minimum absolute atomic E-state index is 0.0775. The normalized spacial score (nSPS) is 18.8. The van der Waals surface area contributed by atoms with Gasteiger partial charge in [0.05, 0.1) is 6.04 Å². The topological polar surface area (TPSA) is 139 Å². The summed E-state index contributed by atoms with van der Waals surface area (Å²) in [6.07, 6.45) is 8.51. The van der Waals surface area contributed by atoms with Crippen molar-refractivity contribution in [2.75, 3.05) is 17.4 Å². The van der Waals surface area contributed by atoms with Gasteiger partial charge >= 0.3 is 0 Å². The summed E-state index contributed by atoms with van der Waals surface area (Å²) >= 11 is 0. The van der Waals surface area contributed by atoms with Gasteiger partial charge in [0, 0.05) is 31.2 Å². The van der Waals surface area contributed by atoms with Crippen LogP contribution in [-0.2, 0) is 20.4 Å². The zero-order valence-corrected chi connectivity index (χ0v) is 22.0.